The van der Waals surface area contributed by atoms with Crippen LogP contribution in [0.25, 0.3) is 4.90 Å². The van der Waals surface area contributed by atoms with Crippen LogP contribution < -0.4 is 0 Å². The number of carboxylic acid groups (broad SMARTS) is 1. The summed E-state index contributed by atoms with van der Waals surface area (Å²) in [7, 11) is -0.0534. The molecule has 1 atom stereocenters. The number of thiophene rings is 1. The summed E-state index contributed by atoms with van der Waals surface area (Å²) in [6.45, 7) is 1.65. The van der Waals surface area contributed by atoms with Crippen molar-refractivity contribution in [1.29, 1.82) is 0 Å². The Morgan fingerprint density at radius 1 is 1.35 bits per heavy atom. The minimum atomic E-state index is -0.763. The van der Waals surface area contributed by atoms with Crippen LogP contribution in [0.1, 0.15) is 10.4 Å². The normalized spacial score (nSPS) is 15.9. The monoisotopic (exact) mass is 308 g/mol. The van der Waals surface area contributed by atoms with E-state index in [4.69, 9.17) is 16.7 Å². The van der Waals surface area contributed by atoms with Gasteiger partial charge < -0.3 is 5.11 Å². The van der Waals surface area contributed by atoms with Gasteiger partial charge in [0.15, 0.2) is 9.77 Å². The second-order valence-electron chi connectivity index (χ2n) is 4.87. The molecule has 1 aliphatic rings. The zero-order valence-electron chi connectivity index (χ0n) is 10.9. The molecule has 0 saturated carbocycles. The maximum Gasteiger partial charge on any atom is 0.317 e. The summed E-state index contributed by atoms with van der Waals surface area (Å²) >= 11 is 6.30. The van der Waals surface area contributed by atoms with Crippen LogP contribution in [-0.4, -0.2) is 29.1 Å². The third-order valence-electron chi connectivity index (χ3n) is 3.51. The number of benzene rings is 1. The first kappa shape index (κ1) is 13.6. The molecule has 0 radical (unpaired) electrons. The first-order chi connectivity index (χ1) is 9.65. The summed E-state index contributed by atoms with van der Waals surface area (Å²) < 4.78 is 0. The minimum absolute atomic E-state index is 0.0534. The van der Waals surface area contributed by atoms with Crippen LogP contribution in [0.4, 0.5) is 0 Å². The molecule has 1 N–H and O–H groups in total. The highest BCUT2D eigenvalue weighted by Gasteiger charge is 2.29. The Bertz CT molecular complexity index is 653. The number of aliphatic carboxylic acids is 1. The van der Waals surface area contributed by atoms with Crippen molar-refractivity contribution in [3.8, 4) is 4.90 Å². The number of hydrogen-bond acceptors (Lipinski definition) is 2. The van der Waals surface area contributed by atoms with Crippen LogP contribution in [0.15, 0.2) is 35.7 Å². The lowest BCUT2D eigenvalue weighted by molar-refractivity contribution is -0.138. The zero-order valence-corrected chi connectivity index (χ0v) is 12.5. The fourth-order valence-corrected chi connectivity index (χ4v) is 5.10. The summed E-state index contributed by atoms with van der Waals surface area (Å²) in [4.78, 5) is 15.4. The average molecular weight is 309 g/mol. The second-order valence-corrected chi connectivity index (χ2v) is 7.16. The first-order valence-corrected chi connectivity index (χ1v) is 8.14. The van der Waals surface area contributed by atoms with E-state index in [1.165, 1.54) is 15.3 Å². The Hall–Kier alpha value is -1.36. The van der Waals surface area contributed by atoms with Gasteiger partial charge >= 0.3 is 5.97 Å². The number of fused-ring (bicyclic) bond motifs is 1. The number of rotatable bonds is 3. The van der Waals surface area contributed by atoms with Crippen molar-refractivity contribution >= 4 is 28.0 Å². The molecule has 0 spiro atoms. The number of halogens is 1. The van der Waals surface area contributed by atoms with Crippen LogP contribution in [0.3, 0.4) is 0 Å². The van der Waals surface area contributed by atoms with Gasteiger partial charge in [0.2, 0.25) is 0 Å². The summed E-state index contributed by atoms with van der Waals surface area (Å²) in [5.41, 5.74) is 1.26. The molecule has 0 bridgehead atoms. The summed E-state index contributed by atoms with van der Waals surface area (Å²) in [6, 6.07) is 10.1. The molecule has 1 aromatic carbocycles. The van der Waals surface area contributed by atoms with Crippen molar-refractivity contribution in [1.82, 2.24) is 4.90 Å². The van der Waals surface area contributed by atoms with Crippen LogP contribution in [0.2, 0.25) is 5.02 Å². The lowest BCUT2D eigenvalue weighted by Gasteiger charge is -2.23. The Morgan fingerprint density at radius 2 is 2.15 bits per heavy atom. The molecule has 0 fully saturated rings. The SMILES string of the molecule is O=C(O)CN1CCc2c(cc[s+]2-c2ccccc2Cl)C1. The van der Waals surface area contributed by atoms with Crippen molar-refractivity contribution < 1.29 is 9.90 Å². The van der Waals surface area contributed by atoms with Crippen molar-refractivity contribution in [2.45, 2.75) is 13.0 Å². The van der Waals surface area contributed by atoms with Crippen molar-refractivity contribution in [2.24, 2.45) is 0 Å². The van der Waals surface area contributed by atoms with Crippen LogP contribution >= 0.6 is 22.1 Å². The molecule has 0 saturated heterocycles. The standard InChI is InChI=1S/C15H14ClNO2S/c16-12-3-1-2-4-14(12)20-8-6-11-9-17(10-15(18)19)7-5-13(11)20/h1-4,6,8H,5,7,9-10H2/p+1. The van der Waals surface area contributed by atoms with Gasteiger partial charge in [0.1, 0.15) is 10.4 Å². The topological polar surface area (TPSA) is 40.5 Å². The highest BCUT2D eigenvalue weighted by molar-refractivity contribution is 7.39. The number of hydrogen-bond donors (Lipinski definition) is 1. The molecule has 0 amide bonds. The molecular weight excluding hydrogens is 294 g/mol. The molecule has 2 aromatic rings. The molecule has 5 heteroatoms. The van der Waals surface area contributed by atoms with Gasteiger partial charge in [-0.3, -0.25) is 9.69 Å². The number of carboxylic acids is 1. The van der Waals surface area contributed by atoms with Gasteiger partial charge in [0.25, 0.3) is 0 Å². The highest BCUT2D eigenvalue weighted by atomic mass is 35.5. The first-order valence-electron chi connectivity index (χ1n) is 6.47. The Kier molecular flexibility index (Phi) is 3.78. The van der Waals surface area contributed by atoms with E-state index in [2.05, 4.69) is 17.5 Å². The molecule has 3 rings (SSSR count). The van der Waals surface area contributed by atoms with Crippen molar-refractivity contribution in [2.75, 3.05) is 13.1 Å². The lowest BCUT2D eigenvalue weighted by Crippen LogP contribution is -2.34. The third kappa shape index (κ3) is 2.59. The molecule has 104 valence electrons. The molecule has 1 unspecified atom stereocenters. The quantitative estimate of drug-likeness (QED) is 0.882. The van der Waals surface area contributed by atoms with Crippen LogP contribution in [-0.2, 0) is 17.8 Å². The maximum atomic E-state index is 10.8. The predicted molar refractivity (Wildman–Crippen MR) is 81.9 cm³/mol. The predicted octanol–water partition coefficient (Wildman–Crippen LogP) is 3.52. The maximum absolute atomic E-state index is 10.8. The van der Waals surface area contributed by atoms with Crippen LogP contribution in [0.5, 0.6) is 0 Å². The van der Waals surface area contributed by atoms with E-state index in [0.29, 0.717) is 0 Å². The smallest absolute Gasteiger partial charge is 0.317 e. The fraction of sp³-hybridized carbons (Fsp3) is 0.267. The third-order valence-corrected chi connectivity index (χ3v) is 6.19. The minimum Gasteiger partial charge on any atom is -0.480 e. The molecule has 2 heterocycles. The molecule has 1 aromatic heterocycles. The average Bonchev–Trinajstić information content (AvgIpc) is 2.81. The lowest BCUT2D eigenvalue weighted by atomic mass is 10.1. The molecular formula is C15H15ClNO2S+. The van der Waals surface area contributed by atoms with Crippen LogP contribution in [0, 0.1) is 0 Å². The molecule has 1 aliphatic heterocycles. The number of carbonyl (C=O) groups is 1. The molecule has 0 aliphatic carbocycles. The highest BCUT2D eigenvalue weighted by Crippen LogP contribution is 2.43. The largest absolute Gasteiger partial charge is 0.480 e. The van der Waals surface area contributed by atoms with Gasteiger partial charge in [0.05, 0.1) is 6.54 Å². The Labute approximate surface area is 125 Å². The van der Waals surface area contributed by atoms with Crippen molar-refractivity contribution in [3.05, 3.63) is 51.2 Å². The van der Waals surface area contributed by atoms with Gasteiger partial charge in [-0.2, -0.15) is 0 Å². The van der Waals surface area contributed by atoms with Gasteiger partial charge in [-0.25, -0.2) is 0 Å². The van der Waals surface area contributed by atoms with Crippen molar-refractivity contribution in [3.63, 3.8) is 0 Å². The van der Waals surface area contributed by atoms with E-state index in [0.717, 1.165) is 24.5 Å². The number of nitrogens with zero attached hydrogens (tertiary/aromatic N) is 1. The Balaban J connectivity index is 1.90. The van der Waals surface area contributed by atoms with E-state index >= 15 is 0 Å². The van der Waals surface area contributed by atoms with E-state index in [1.807, 2.05) is 23.1 Å². The van der Waals surface area contributed by atoms with Gasteiger partial charge in [-0.15, -0.1) is 0 Å². The van der Waals surface area contributed by atoms with Gasteiger partial charge in [0, 0.05) is 41.6 Å². The van der Waals surface area contributed by atoms with Gasteiger partial charge in [-0.05, 0) is 12.1 Å². The Morgan fingerprint density at radius 3 is 2.90 bits per heavy atom. The summed E-state index contributed by atoms with van der Waals surface area (Å²) in [5, 5.41) is 11.9. The zero-order chi connectivity index (χ0) is 14.1. The summed E-state index contributed by atoms with van der Waals surface area (Å²) in [6.07, 6.45) is 0.921. The molecule has 3 nitrogen and oxygen atoms in total. The molecule has 20 heavy (non-hydrogen) atoms. The second kappa shape index (κ2) is 5.56. The summed E-state index contributed by atoms with van der Waals surface area (Å²) in [5.74, 6) is -0.763. The van der Waals surface area contributed by atoms with E-state index < -0.39 is 5.97 Å². The fourth-order valence-electron chi connectivity index (χ4n) is 2.61. The van der Waals surface area contributed by atoms with E-state index in [1.54, 1.807) is 0 Å². The van der Waals surface area contributed by atoms with E-state index in [9.17, 15) is 4.79 Å². The van der Waals surface area contributed by atoms with Gasteiger partial charge in [-0.1, -0.05) is 23.7 Å². The van der Waals surface area contributed by atoms with E-state index in [-0.39, 0.29) is 17.0 Å².